The van der Waals surface area contributed by atoms with Gasteiger partial charge in [0.25, 0.3) is 5.91 Å². The van der Waals surface area contributed by atoms with Crippen LogP contribution in [0.15, 0.2) is 54.7 Å². The molecule has 0 spiro atoms. The third-order valence-corrected chi connectivity index (χ3v) is 5.61. The number of methoxy groups -OCH3 is 1. The molecule has 1 aliphatic heterocycles. The summed E-state index contributed by atoms with van der Waals surface area (Å²) >= 11 is 0. The Morgan fingerprint density at radius 1 is 1.14 bits per heavy atom. The first-order valence-electron chi connectivity index (χ1n) is 9.84. The number of ether oxygens (including phenoxy) is 1. The molecular formula is C23H27N3O2. The van der Waals surface area contributed by atoms with Crippen molar-refractivity contribution >= 4 is 16.8 Å². The largest absolute Gasteiger partial charge is 0.497 e. The van der Waals surface area contributed by atoms with Crippen LogP contribution in [0.1, 0.15) is 28.8 Å². The van der Waals surface area contributed by atoms with Gasteiger partial charge in [-0.3, -0.25) is 9.69 Å². The van der Waals surface area contributed by atoms with E-state index in [0.29, 0.717) is 5.56 Å². The number of fused-ring (bicyclic) bond motifs is 1. The van der Waals surface area contributed by atoms with Gasteiger partial charge in [-0.1, -0.05) is 30.3 Å². The Hall–Kier alpha value is -2.79. The fraction of sp³-hybridized carbons (Fsp3) is 0.348. The molecule has 146 valence electrons. The van der Waals surface area contributed by atoms with E-state index in [4.69, 9.17) is 4.74 Å². The summed E-state index contributed by atoms with van der Waals surface area (Å²) in [5.74, 6) is 0.766. The van der Waals surface area contributed by atoms with E-state index < -0.39 is 0 Å². The van der Waals surface area contributed by atoms with Gasteiger partial charge in [-0.25, -0.2) is 0 Å². The Balaban J connectivity index is 1.39. The molecule has 3 aromatic rings. The first kappa shape index (κ1) is 18.6. The van der Waals surface area contributed by atoms with Crippen molar-refractivity contribution in [3.8, 4) is 5.75 Å². The minimum Gasteiger partial charge on any atom is -0.497 e. The van der Waals surface area contributed by atoms with E-state index in [-0.39, 0.29) is 11.9 Å². The lowest BCUT2D eigenvalue weighted by Crippen LogP contribution is -2.44. The maximum Gasteiger partial charge on any atom is 0.253 e. The summed E-state index contributed by atoms with van der Waals surface area (Å²) in [6, 6.07) is 16.6. The lowest BCUT2D eigenvalue weighted by atomic mass is 10.0. The van der Waals surface area contributed by atoms with Gasteiger partial charge in [0, 0.05) is 49.8 Å². The number of hydrogen-bond donors (Lipinski definition) is 1. The van der Waals surface area contributed by atoms with Crippen molar-refractivity contribution in [3.63, 3.8) is 0 Å². The quantitative estimate of drug-likeness (QED) is 0.739. The second-order valence-electron chi connectivity index (χ2n) is 7.55. The molecule has 0 atom stereocenters. The summed E-state index contributed by atoms with van der Waals surface area (Å²) in [5.41, 5.74) is 3.08. The van der Waals surface area contributed by atoms with Crippen LogP contribution in [-0.4, -0.2) is 41.6 Å². The van der Waals surface area contributed by atoms with Crippen LogP contribution < -0.4 is 10.1 Å². The van der Waals surface area contributed by atoms with Crippen molar-refractivity contribution in [2.45, 2.75) is 25.4 Å². The molecule has 2 heterocycles. The molecule has 1 N–H and O–H groups in total. The standard InChI is InChI=1S/C23H27N3O2/c1-25-16-21(20-14-19(28-2)8-9-22(20)25)23(27)24-18-10-12-26(13-11-18)15-17-6-4-3-5-7-17/h3-9,14,16,18H,10-13,15H2,1-2H3,(H,24,27). The highest BCUT2D eigenvalue weighted by molar-refractivity contribution is 6.07. The Labute approximate surface area is 165 Å². The molecule has 1 saturated heterocycles. The van der Waals surface area contributed by atoms with Gasteiger partial charge in [0.2, 0.25) is 0 Å². The molecule has 0 unspecified atom stereocenters. The number of nitrogens with one attached hydrogen (secondary N) is 1. The number of carbonyl (C=O) groups is 1. The molecule has 1 amide bonds. The predicted molar refractivity (Wildman–Crippen MR) is 112 cm³/mol. The Morgan fingerprint density at radius 2 is 1.89 bits per heavy atom. The molecule has 0 bridgehead atoms. The number of hydrogen-bond acceptors (Lipinski definition) is 3. The molecule has 5 heteroatoms. The molecule has 0 aliphatic carbocycles. The number of aromatic nitrogens is 1. The summed E-state index contributed by atoms with van der Waals surface area (Å²) in [4.78, 5) is 15.4. The lowest BCUT2D eigenvalue weighted by Gasteiger charge is -2.32. The van der Waals surface area contributed by atoms with Crippen molar-refractivity contribution in [1.82, 2.24) is 14.8 Å². The molecular weight excluding hydrogens is 350 g/mol. The van der Waals surface area contributed by atoms with Crippen LogP contribution in [0.2, 0.25) is 0 Å². The van der Waals surface area contributed by atoms with Crippen LogP contribution in [0.5, 0.6) is 5.75 Å². The number of aryl methyl sites for hydroxylation is 1. The van der Waals surface area contributed by atoms with Crippen LogP contribution in [-0.2, 0) is 13.6 Å². The number of nitrogens with zero attached hydrogens (tertiary/aromatic N) is 2. The second-order valence-corrected chi connectivity index (χ2v) is 7.55. The maximum absolute atomic E-state index is 12.9. The van der Waals surface area contributed by atoms with E-state index in [1.807, 2.05) is 42.1 Å². The fourth-order valence-corrected chi connectivity index (χ4v) is 4.02. The molecule has 0 radical (unpaired) electrons. The number of benzene rings is 2. The zero-order chi connectivity index (χ0) is 19.5. The monoisotopic (exact) mass is 377 g/mol. The van der Waals surface area contributed by atoms with Gasteiger partial charge < -0.3 is 14.6 Å². The molecule has 28 heavy (non-hydrogen) atoms. The first-order valence-corrected chi connectivity index (χ1v) is 9.84. The number of likely N-dealkylation sites (tertiary alicyclic amines) is 1. The number of rotatable bonds is 5. The smallest absolute Gasteiger partial charge is 0.253 e. The second kappa shape index (κ2) is 8.07. The summed E-state index contributed by atoms with van der Waals surface area (Å²) in [5, 5.41) is 4.17. The normalized spacial score (nSPS) is 15.6. The topological polar surface area (TPSA) is 46.5 Å². The van der Waals surface area contributed by atoms with Gasteiger partial charge in [-0.15, -0.1) is 0 Å². The van der Waals surface area contributed by atoms with Crippen molar-refractivity contribution in [3.05, 3.63) is 65.9 Å². The van der Waals surface area contributed by atoms with E-state index in [1.165, 1.54) is 5.56 Å². The molecule has 2 aromatic carbocycles. The van der Waals surface area contributed by atoms with Gasteiger partial charge in [0.05, 0.1) is 12.7 Å². The third-order valence-electron chi connectivity index (χ3n) is 5.61. The molecule has 4 rings (SSSR count). The van der Waals surface area contributed by atoms with Crippen molar-refractivity contribution in [1.29, 1.82) is 0 Å². The highest BCUT2D eigenvalue weighted by Gasteiger charge is 2.23. The highest BCUT2D eigenvalue weighted by Crippen LogP contribution is 2.26. The van der Waals surface area contributed by atoms with Crippen LogP contribution >= 0.6 is 0 Å². The number of amides is 1. The average Bonchev–Trinajstić information content (AvgIpc) is 3.06. The van der Waals surface area contributed by atoms with Crippen molar-refractivity contribution in [2.24, 2.45) is 7.05 Å². The third kappa shape index (κ3) is 3.90. The summed E-state index contributed by atoms with van der Waals surface area (Å²) < 4.78 is 7.32. The molecule has 5 nitrogen and oxygen atoms in total. The maximum atomic E-state index is 12.9. The van der Waals surface area contributed by atoms with Gasteiger partial charge >= 0.3 is 0 Å². The minimum atomic E-state index is 0.000336. The van der Waals surface area contributed by atoms with E-state index in [2.05, 4.69) is 34.5 Å². The zero-order valence-corrected chi connectivity index (χ0v) is 16.5. The molecule has 1 aliphatic rings. The SMILES string of the molecule is COc1ccc2c(c1)c(C(=O)NC1CCN(Cc3ccccc3)CC1)cn2C. The summed E-state index contributed by atoms with van der Waals surface area (Å²) in [6.45, 7) is 2.98. The molecule has 1 aromatic heterocycles. The van der Waals surface area contributed by atoms with Crippen molar-refractivity contribution in [2.75, 3.05) is 20.2 Å². The van der Waals surface area contributed by atoms with E-state index in [1.54, 1.807) is 7.11 Å². The fourth-order valence-electron chi connectivity index (χ4n) is 4.02. The lowest BCUT2D eigenvalue weighted by molar-refractivity contribution is 0.0910. The van der Waals surface area contributed by atoms with Crippen LogP contribution in [0, 0.1) is 0 Å². The zero-order valence-electron chi connectivity index (χ0n) is 16.5. The Morgan fingerprint density at radius 3 is 2.61 bits per heavy atom. The van der Waals surface area contributed by atoms with Gasteiger partial charge in [-0.2, -0.15) is 0 Å². The summed E-state index contributed by atoms with van der Waals surface area (Å²) in [6.07, 6.45) is 3.86. The molecule has 1 fully saturated rings. The van der Waals surface area contributed by atoms with E-state index >= 15 is 0 Å². The Bertz CT molecular complexity index is 957. The minimum absolute atomic E-state index is 0.000336. The first-order chi connectivity index (χ1) is 13.6. The highest BCUT2D eigenvalue weighted by atomic mass is 16.5. The van der Waals surface area contributed by atoms with Crippen molar-refractivity contribution < 1.29 is 9.53 Å². The number of piperidine rings is 1. The molecule has 0 saturated carbocycles. The van der Waals surface area contributed by atoms with E-state index in [0.717, 1.165) is 49.1 Å². The summed E-state index contributed by atoms with van der Waals surface area (Å²) in [7, 11) is 3.61. The van der Waals surface area contributed by atoms with E-state index in [9.17, 15) is 4.79 Å². The number of carbonyl (C=O) groups excluding carboxylic acids is 1. The van der Waals surface area contributed by atoms with Gasteiger partial charge in [0.1, 0.15) is 5.75 Å². The Kier molecular flexibility index (Phi) is 5.35. The van der Waals surface area contributed by atoms with Crippen LogP contribution in [0.25, 0.3) is 10.9 Å². The van der Waals surface area contributed by atoms with Crippen LogP contribution in [0.3, 0.4) is 0 Å². The predicted octanol–water partition coefficient (Wildman–Crippen LogP) is 3.58. The average molecular weight is 377 g/mol. The van der Waals surface area contributed by atoms with Gasteiger partial charge in [-0.05, 0) is 36.6 Å². The van der Waals surface area contributed by atoms with Gasteiger partial charge in [0.15, 0.2) is 0 Å². The van der Waals surface area contributed by atoms with Crippen LogP contribution in [0.4, 0.5) is 0 Å².